The van der Waals surface area contributed by atoms with Crippen LogP contribution in [0.1, 0.15) is 11.3 Å². The predicted octanol–water partition coefficient (Wildman–Crippen LogP) is 2.60. The first-order valence-electron chi connectivity index (χ1n) is 5.91. The second-order valence-electron chi connectivity index (χ2n) is 4.39. The van der Waals surface area contributed by atoms with Gasteiger partial charge in [0.1, 0.15) is 11.8 Å². The third-order valence-electron chi connectivity index (χ3n) is 3.36. The summed E-state index contributed by atoms with van der Waals surface area (Å²) in [5, 5.41) is 5.64. The largest absolute Gasteiger partial charge is 0.464 e. The molecular weight excluding hydrogens is 226 g/mol. The molecule has 2 aromatic heterocycles. The number of benzene rings is 1. The third kappa shape index (κ3) is 1.46. The van der Waals surface area contributed by atoms with Crippen LogP contribution < -0.4 is 5.73 Å². The molecule has 0 saturated heterocycles. The molecular formula is C14H15N3O. The maximum Gasteiger partial charge on any atom is 0.134 e. The second kappa shape index (κ2) is 3.99. The zero-order valence-electron chi connectivity index (χ0n) is 10.5. The Bertz CT molecular complexity index is 709. The fourth-order valence-electron chi connectivity index (χ4n) is 2.37. The van der Waals surface area contributed by atoms with Gasteiger partial charge in [0.25, 0.3) is 0 Å². The number of nitrogens with zero attached hydrogens (tertiary/aromatic N) is 2. The molecule has 4 heteroatoms. The lowest BCUT2D eigenvalue weighted by Gasteiger charge is -1.97. The van der Waals surface area contributed by atoms with E-state index in [0.29, 0.717) is 6.54 Å². The van der Waals surface area contributed by atoms with Gasteiger partial charge in [0.15, 0.2) is 0 Å². The van der Waals surface area contributed by atoms with Gasteiger partial charge >= 0.3 is 0 Å². The Morgan fingerprint density at radius 3 is 2.83 bits per heavy atom. The van der Waals surface area contributed by atoms with Gasteiger partial charge in [0, 0.05) is 24.5 Å². The van der Waals surface area contributed by atoms with E-state index in [0.717, 1.165) is 33.5 Å². The number of hydrogen-bond donors (Lipinski definition) is 1. The van der Waals surface area contributed by atoms with Gasteiger partial charge in [-0.2, -0.15) is 5.10 Å². The lowest BCUT2D eigenvalue weighted by atomic mass is 10.1. The fraction of sp³-hybridized carbons (Fsp3) is 0.214. The molecule has 0 radical (unpaired) electrons. The molecule has 0 spiro atoms. The molecule has 2 N–H and O–H groups in total. The summed E-state index contributed by atoms with van der Waals surface area (Å²) in [5.41, 5.74) is 10.8. The Balaban J connectivity index is 2.27. The Labute approximate surface area is 105 Å². The van der Waals surface area contributed by atoms with E-state index in [4.69, 9.17) is 10.2 Å². The normalized spacial score (nSPS) is 11.3. The van der Waals surface area contributed by atoms with Crippen molar-refractivity contribution in [3.63, 3.8) is 0 Å². The molecule has 0 fully saturated rings. The van der Waals surface area contributed by atoms with Crippen LogP contribution in [0.15, 0.2) is 34.9 Å². The summed E-state index contributed by atoms with van der Waals surface area (Å²) in [4.78, 5) is 0. The van der Waals surface area contributed by atoms with Crippen molar-refractivity contribution in [1.82, 2.24) is 9.78 Å². The molecule has 0 bridgehead atoms. The van der Waals surface area contributed by atoms with Crippen LogP contribution in [0.3, 0.4) is 0 Å². The van der Waals surface area contributed by atoms with Crippen molar-refractivity contribution in [1.29, 1.82) is 0 Å². The summed E-state index contributed by atoms with van der Waals surface area (Å²) in [5.74, 6) is 0. The number of furan rings is 1. The Kier molecular flexibility index (Phi) is 2.45. The van der Waals surface area contributed by atoms with Crippen molar-refractivity contribution < 1.29 is 4.42 Å². The predicted molar refractivity (Wildman–Crippen MR) is 71.0 cm³/mol. The maximum atomic E-state index is 5.75. The molecule has 3 rings (SSSR count). The van der Waals surface area contributed by atoms with Crippen molar-refractivity contribution in [2.75, 3.05) is 0 Å². The minimum Gasteiger partial charge on any atom is -0.464 e. The molecule has 0 amide bonds. The van der Waals surface area contributed by atoms with Gasteiger partial charge < -0.3 is 10.2 Å². The first-order chi connectivity index (χ1) is 8.72. The molecule has 4 nitrogen and oxygen atoms in total. The Morgan fingerprint density at radius 1 is 1.33 bits per heavy atom. The highest BCUT2D eigenvalue weighted by molar-refractivity contribution is 5.93. The van der Waals surface area contributed by atoms with Crippen molar-refractivity contribution in [2.45, 2.75) is 13.5 Å². The first-order valence-corrected chi connectivity index (χ1v) is 5.91. The van der Waals surface area contributed by atoms with Gasteiger partial charge in [0.05, 0.1) is 11.4 Å². The van der Waals surface area contributed by atoms with E-state index in [1.165, 1.54) is 0 Å². The van der Waals surface area contributed by atoms with Crippen LogP contribution in [0.5, 0.6) is 0 Å². The van der Waals surface area contributed by atoms with E-state index >= 15 is 0 Å². The summed E-state index contributed by atoms with van der Waals surface area (Å²) >= 11 is 0. The molecule has 1 aromatic carbocycles. The molecule has 0 saturated carbocycles. The van der Waals surface area contributed by atoms with Gasteiger partial charge in [-0.3, -0.25) is 4.68 Å². The standard InChI is InChI=1S/C14H15N3O/c1-9-12(7-15)17(2)16-14(9)11-8-18-13-6-4-3-5-10(11)13/h3-6,8H,7,15H2,1-2H3. The molecule has 3 aromatic rings. The van der Waals surface area contributed by atoms with Crippen LogP contribution in [0.25, 0.3) is 22.2 Å². The number of hydrogen-bond acceptors (Lipinski definition) is 3. The van der Waals surface area contributed by atoms with Gasteiger partial charge in [-0.25, -0.2) is 0 Å². The van der Waals surface area contributed by atoms with Crippen LogP contribution in [0.2, 0.25) is 0 Å². The lowest BCUT2D eigenvalue weighted by molar-refractivity contribution is 0.616. The van der Waals surface area contributed by atoms with Crippen LogP contribution in [0, 0.1) is 6.92 Å². The van der Waals surface area contributed by atoms with Gasteiger partial charge in [-0.1, -0.05) is 18.2 Å². The summed E-state index contributed by atoms with van der Waals surface area (Å²) in [6, 6.07) is 7.97. The van der Waals surface area contributed by atoms with Crippen molar-refractivity contribution in [3.05, 3.63) is 41.8 Å². The molecule has 0 aliphatic rings. The number of aromatic nitrogens is 2. The number of rotatable bonds is 2. The maximum absolute atomic E-state index is 5.75. The lowest BCUT2D eigenvalue weighted by Crippen LogP contribution is -2.05. The summed E-state index contributed by atoms with van der Waals surface area (Å²) in [6.07, 6.45) is 1.76. The van der Waals surface area contributed by atoms with Gasteiger partial charge in [-0.15, -0.1) is 0 Å². The number of para-hydroxylation sites is 1. The van der Waals surface area contributed by atoms with E-state index in [1.54, 1.807) is 6.26 Å². The van der Waals surface area contributed by atoms with Crippen molar-refractivity contribution in [3.8, 4) is 11.3 Å². The molecule has 2 heterocycles. The molecule has 0 aliphatic carbocycles. The fourth-order valence-corrected chi connectivity index (χ4v) is 2.37. The zero-order chi connectivity index (χ0) is 12.7. The van der Waals surface area contributed by atoms with E-state index in [9.17, 15) is 0 Å². The summed E-state index contributed by atoms with van der Waals surface area (Å²) < 4.78 is 7.40. The van der Waals surface area contributed by atoms with Crippen LogP contribution >= 0.6 is 0 Å². The first kappa shape index (κ1) is 11.0. The molecule has 18 heavy (non-hydrogen) atoms. The highest BCUT2D eigenvalue weighted by Crippen LogP contribution is 2.32. The number of nitrogens with two attached hydrogens (primary N) is 1. The Hall–Kier alpha value is -2.07. The molecule has 0 aliphatic heterocycles. The van der Waals surface area contributed by atoms with Crippen molar-refractivity contribution in [2.24, 2.45) is 12.8 Å². The average Bonchev–Trinajstić information content (AvgIpc) is 2.91. The van der Waals surface area contributed by atoms with Gasteiger partial charge in [-0.05, 0) is 18.6 Å². The SMILES string of the molecule is Cc1c(-c2coc3ccccc23)nn(C)c1CN. The molecule has 0 atom stereocenters. The summed E-state index contributed by atoms with van der Waals surface area (Å²) in [7, 11) is 1.92. The van der Waals surface area contributed by atoms with E-state index in [1.807, 2.05) is 42.9 Å². The van der Waals surface area contributed by atoms with Crippen molar-refractivity contribution >= 4 is 11.0 Å². The molecule has 0 unspecified atom stereocenters. The number of aryl methyl sites for hydroxylation is 1. The van der Waals surface area contributed by atoms with Crippen LogP contribution in [-0.2, 0) is 13.6 Å². The van der Waals surface area contributed by atoms with Crippen LogP contribution in [-0.4, -0.2) is 9.78 Å². The monoisotopic (exact) mass is 241 g/mol. The highest BCUT2D eigenvalue weighted by atomic mass is 16.3. The Morgan fingerprint density at radius 2 is 2.11 bits per heavy atom. The minimum atomic E-state index is 0.491. The van der Waals surface area contributed by atoms with E-state index < -0.39 is 0 Å². The molecule has 92 valence electrons. The van der Waals surface area contributed by atoms with E-state index in [2.05, 4.69) is 5.10 Å². The third-order valence-corrected chi connectivity index (χ3v) is 3.36. The second-order valence-corrected chi connectivity index (χ2v) is 4.39. The van der Waals surface area contributed by atoms with Gasteiger partial charge in [0.2, 0.25) is 0 Å². The minimum absolute atomic E-state index is 0.491. The number of fused-ring (bicyclic) bond motifs is 1. The van der Waals surface area contributed by atoms with Crippen LogP contribution in [0.4, 0.5) is 0 Å². The topological polar surface area (TPSA) is 57.0 Å². The summed E-state index contributed by atoms with van der Waals surface area (Å²) in [6.45, 7) is 2.54. The zero-order valence-corrected chi connectivity index (χ0v) is 10.5. The smallest absolute Gasteiger partial charge is 0.134 e. The van der Waals surface area contributed by atoms with E-state index in [-0.39, 0.29) is 0 Å². The average molecular weight is 241 g/mol. The quantitative estimate of drug-likeness (QED) is 0.750. The highest BCUT2D eigenvalue weighted by Gasteiger charge is 2.16.